The molecule has 0 unspecified atom stereocenters. The number of rotatable bonds is 3. The Labute approximate surface area is 108 Å². The van der Waals surface area contributed by atoms with Crippen LogP contribution in [0.3, 0.4) is 0 Å². The van der Waals surface area contributed by atoms with Crippen molar-refractivity contribution in [1.82, 2.24) is 0 Å². The molecule has 0 amide bonds. The molecule has 0 radical (unpaired) electrons. The summed E-state index contributed by atoms with van der Waals surface area (Å²) in [6.07, 6.45) is 0. The van der Waals surface area contributed by atoms with Gasteiger partial charge >= 0.3 is 0 Å². The van der Waals surface area contributed by atoms with Crippen molar-refractivity contribution < 1.29 is 4.79 Å². The molecule has 0 aliphatic heterocycles. The Kier molecular flexibility index (Phi) is 3.47. The third kappa shape index (κ3) is 2.59. The number of hydrogen-bond acceptors (Lipinski definition) is 2. The molecule has 0 saturated heterocycles. The lowest BCUT2D eigenvalue weighted by Crippen LogP contribution is -2.10. The van der Waals surface area contributed by atoms with Crippen LogP contribution in [0.2, 0.25) is 0 Å². The zero-order chi connectivity index (χ0) is 13.1. The van der Waals surface area contributed by atoms with Crippen LogP contribution in [0, 0.1) is 6.92 Å². The lowest BCUT2D eigenvalue weighted by atomic mass is 10.1. The number of nitrogens with zero attached hydrogens (tertiary/aromatic N) is 1. The molecule has 2 aromatic carbocycles. The average Bonchev–Trinajstić information content (AvgIpc) is 2.39. The lowest BCUT2D eigenvalue weighted by Gasteiger charge is -2.20. The van der Waals surface area contributed by atoms with Crippen molar-refractivity contribution in [3.05, 3.63) is 59.7 Å². The second-order valence-electron chi connectivity index (χ2n) is 4.50. The largest absolute Gasteiger partial charge is 0.345 e. The first-order valence-electron chi connectivity index (χ1n) is 5.99. The van der Waals surface area contributed by atoms with Crippen LogP contribution in [0.5, 0.6) is 0 Å². The van der Waals surface area contributed by atoms with E-state index < -0.39 is 0 Å². The summed E-state index contributed by atoms with van der Waals surface area (Å²) in [7, 11) is 2.00. The standard InChI is InChI=1S/C16H17NO/c1-12-7-9-15(10-8-12)17(3)16-6-4-5-14(11-16)13(2)18/h4-11H,1-3H3. The molecule has 0 N–H and O–H groups in total. The Hall–Kier alpha value is -2.09. The highest BCUT2D eigenvalue weighted by Crippen LogP contribution is 2.24. The molecule has 92 valence electrons. The molecule has 18 heavy (non-hydrogen) atoms. The Balaban J connectivity index is 2.33. The molecule has 0 bridgehead atoms. The van der Waals surface area contributed by atoms with E-state index in [1.54, 1.807) is 6.92 Å². The first kappa shape index (κ1) is 12.4. The number of hydrogen-bond donors (Lipinski definition) is 0. The van der Waals surface area contributed by atoms with Gasteiger partial charge in [-0.3, -0.25) is 4.79 Å². The van der Waals surface area contributed by atoms with Crippen LogP contribution in [0.15, 0.2) is 48.5 Å². The van der Waals surface area contributed by atoms with Crippen molar-refractivity contribution in [3.63, 3.8) is 0 Å². The zero-order valence-corrected chi connectivity index (χ0v) is 11.0. The SMILES string of the molecule is CC(=O)c1cccc(N(C)c2ccc(C)cc2)c1. The highest BCUT2D eigenvalue weighted by Gasteiger charge is 2.06. The van der Waals surface area contributed by atoms with Gasteiger partial charge in [-0.2, -0.15) is 0 Å². The predicted molar refractivity (Wildman–Crippen MR) is 75.7 cm³/mol. The number of carbonyl (C=O) groups is 1. The van der Waals surface area contributed by atoms with Crippen molar-refractivity contribution >= 4 is 17.2 Å². The monoisotopic (exact) mass is 239 g/mol. The molecule has 0 aromatic heterocycles. The number of Topliss-reactive ketones (excluding diaryl/α,β-unsaturated/α-hetero) is 1. The van der Waals surface area contributed by atoms with Crippen LogP contribution in [0.4, 0.5) is 11.4 Å². The van der Waals surface area contributed by atoms with Crippen LogP contribution in [-0.4, -0.2) is 12.8 Å². The van der Waals surface area contributed by atoms with E-state index in [1.807, 2.05) is 31.3 Å². The molecule has 0 aliphatic rings. The van der Waals surface area contributed by atoms with Gasteiger partial charge in [-0.15, -0.1) is 0 Å². The highest BCUT2D eigenvalue weighted by atomic mass is 16.1. The summed E-state index contributed by atoms with van der Waals surface area (Å²) in [5.74, 6) is 0.0918. The van der Waals surface area contributed by atoms with Gasteiger partial charge in [0.25, 0.3) is 0 Å². The van der Waals surface area contributed by atoms with Crippen molar-refractivity contribution in [2.24, 2.45) is 0 Å². The first-order chi connectivity index (χ1) is 8.58. The van der Waals surface area contributed by atoms with E-state index in [0.717, 1.165) is 16.9 Å². The summed E-state index contributed by atoms with van der Waals surface area (Å²) in [5, 5.41) is 0. The van der Waals surface area contributed by atoms with Crippen LogP contribution in [0.1, 0.15) is 22.8 Å². The predicted octanol–water partition coefficient (Wildman–Crippen LogP) is 3.97. The molecule has 0 spiro atoms. The fourth-order valence-corrected chi connectivity index (χ4v) is 1.85. The number of carbonyl (C=O) groups excluding carboxylic acids is 1. The minimum absolute atomic E-state index is 0.0918. The Morgan fingerprint density at radius 3 is 2.28 bits per heavy atom. The van der Waals surface area contributed by atoms with Gasteiger partial charge in [0.2, 0.25) is 0 Å². The fourth-order valence-electron chi connectivity index (χ4n) is 1.85. The summed E-state index contributed by atoms with van der Waals surface area (Å²) in [6, 6.07) is 16.0. The maximum Gasteiger partial charge on any atom is 0.159 e. The number of benzene rings is 2. The summed E-state index contributed by atoms with van der Waals surface area (Å²) in [5.41, 5.74) is 4.11. The molecular formula is C16H17NO. The van der Waals surface area contributed by atoms with Gasteiger partial charge in [0.05, 0.1) is 0 Å². The van der Waals surface area contributed by atoms with E-state index >= 15 is 0 Å². The molecule has 0 heterocycles. The number of aryl methyl sites for hydroxylation is 1. The molecular weight excluding hydrogens is 222 g/mol. The molecule has 2 rings (SSSR count). The second-order valence-corrected chi connectivity index (χ2v) is 4.50. The number of anilines is 2. The van der Waals surface area contributed by atoms with Crippen LogP contribution >= 0.6 is 0 Å². The quantitative estimate of drug-likeness (QED) is 0.755. The van der Waals surface area contributed by atoms with Gasteiger partial charge in [0.1, 0.15) is 0 Å². The second kappa shape index (κ2) is 5.05. The van der Waals surface area contributed by atoms with Crippen LogP contribution < -0.4 is 4.90 Å². The highest BCUT2D eigenvalue weighted by molar-refractivity contribution is 5.95. The summed E-state index contributed by atoms with van der Waals surface area (Å²) in [6.45, 7) is 3.66. The Morgan fingerprint density at radius 1 is 1.00 bits per heavy atom. The molecule has 0 saturated carbocycles. The van der Waals surface area contributed by atoms with Gasteiger partial charge in [0, 0.05) is 24.0 Å². The van der Waals surface area contributed by atoms with Gasteiger partial charge in [-0.1, -0.05) is 29.8 Å². The third-order valence-corrected chi connectivity index (χ3v) is 3.06. The molecule has 2 heteroatoms. The average molecular weight is 239 g/mol. The summed E-state index contributed by atoms with van der Waals surface area (Å²) < 4.78 is 0. The van der Waals surface area contributed by atoms with E-state index in [0.29, 0.717) is 0 Å². The topological polar surface area (TPSA) is 20.3 Å². The maximum absolute atomic E-state index is 11.4. The lowest BCUT2D eigenvalue weighted by molar-refractivity contribution is 0.101. The Bertz CT molecular complexity index is 558. The van der Waals surface area contributed by atoms with Crippen molar-refractivity contribution in [2.45, 2.75) is 13.8 Å². The van der Waals surface area contributed by atoms with E-state index in [-0.39, 0.29) is 5.78 Å². The summed E-state index contributed by atoms with van der Waals surface area (Å²) in [4.78, 5) is 13.5. The van der Waals surface area contributed by atoms with Crippen LogP contribution in [0.25, 0.3) is 0 Å². The molecule has 2 aromatic rings. The van der Waals surface area contributed by atoms with Crippen molar-refractivity contribution in [1.29, 1.82) is 0 Å². The van der Waals surface area contributed by atoms with Gasteiger partial charge in [-0.05, 0) is 38.1 Å². The minimum Gasteiger partial charge on any atom is -0.345 e. The number of ketones is 1. The van der Waals surface area contributed by atoms with E-state index in [4.69, 9.17) is 0 Å². The van der Waals surface area contributed by atoms with E-state index in [2.05, 4.69) is 36.1 Å². The minimum atomic E-state index is 0.0918. The first-order valence-corrected chi connectivity index (χ1v) is 5.99. The normalized spacial score (nSPS) is 10.2. The third-order valence-electron chi connectivity index (χ3n) is 3.06. The Morgan fingerprint density at radius 2 is 1.67 bits per heavy atom. The van der Waals surface area contributed by atoms with E-state index in [1.165, 1.54) is 5.56 Å². The van der Waals surface area contributed by atoms with Crippen molar-refractivity contribution in [3.8, 4) is 0 Å². The smallest absolute Gasteiger partial charge is 0.159 e. The summed E-state index contributed by atoms with van der Waals surface area (Å²) >= 11 is 0. The fraction of sp³-hybridized carbons (Fsp3) is 0.188. The molecule has 0 aliphatic carbocycles. The van der Waals surface area contributed by atoms with Gasteiger partial charge in [-0.25, -0.2) is 0 Å². The zero-order valence-electron chi connectivity index (χ0n) is 11.0. The molecule has 0 atom stereocenters. The van der Waals surface area contributed by atoms with E-state index in [9.17, 15) is 4.79 Å². The van der Waals surface area contributed by atoms with Gasteiger partial charge < -0.3 is 4.90 Å². The molecule has 0 fully saturated rings. The molecule has 2 nitrogen and oxygen atoms in total. The van der Waals surface area contributed by atoms with Gasteiger partial charge in [0.15, 0.2) is 5.78 Å². The van der Waals surface area contributed by atoms with Crippen molar-refractivity contribution in [2.75, 3.05) is 11.9 Å². The maximum atomic E-state index is 11.4. The van der Waals surface area contributed by atoms with Crippen LogP contribution in [-0.2, 0) is 0 Å².